The Balaban J connectivity index is 5.15. The second-order valence-electron chi connectivity index (χ2n) is 8.52. The van der Waals surface area contributed by atoms with Gasteiger partial charge in [0.1, 0.15) is 6.04 Å². The summed E-state index contributed by atoms with van der Waals surface area (Å²) >= 11 is 0. The minimum absolute atomic E-state index is 0.171. The normalized spacial score (nSPS) is 14.2. The van der Waals surface area contributed by atoms with Gasteiger partial charge in [0.2, 0.25) is 0 Å². The van der Waals surface area contributed by atoms with Crippen LogP contribution in [0.25, 0.3) is 0 Å². The first-order valence-electron chi connectivity index (χ1n) is 12.8. The van der Waals surface area contributed by atoms with Gasteiger partial charge in [0, 0.05) is 13.2 Å². The molecule has 0 bridgehead atoms. The summed E-state index contributed by atoms with van der Waals surface area (Å²) < 4.78 is 19.7. The van der Waals surface area contributed by atoms with Gasteiger partial charge in [-0.2, -0.15) is 0 Å². The Morgan fingerprint density at radius 1 is 0.655 bits per heavy atom. The maximum absolute atomic E-state index is 6.56. The first-order chi connectivity index (χ1) is 14.0. The van der Waals surface area contributed by atoms with E-state index in [0.717, 1.165) is 56.2 Å². The molecule has 0 fully saturated rings. The van der Waals surface area contributed by atoms with Crippen LogP contribution in [0.15, 0.2) is 0 Å². The minimum atomic E-state index is -0.524. The number of quaternary nitrogens is 1. The third kappa shape index (κ3) is 11.8. The molecule has 0 saturated carbocycles. The van der Waals surface area contributed by atoms with Gasteiger partial charge in [-0.15, -0.1) is 0 Å². The van der Waals surface area contributed by atoms with Gasteiger partial charge in [0.25, 0.3) is 0 Å². The van der Waals surface area contributed by atoms with E-state index in [9.17, 15) is 0 Å². The molecule has 0 heterocycles. The lowest BCUT2D eigenvalue weighted by atomic mass is 9.98. The molecule has 0 spiro atoms. The number of likely N-dealkylation sites (N-methyl/N-ethyl adjacent to an activating group) is 1. The van der Waals surface area contributed by atoms with Gasteiger partial charge in [0.05, 0.1) is 25.7 Å². The van der Waals surface area contributed by atoms with Gasteiger partial charge >= 0.3 is 7.32 Å². The summed E-state index contributed by atoms with van der Waals surface area (Å²) in [6.07, 6.45) is 12.1. The Bertz CT molecular complexity index is 335. The molecule has 0 aliphatic carbocycles. The standard InChI is InChI=1S/C24H53BNO3/c1-8-14-17-18-19-20-24(23(7)26(11-4,12-5)13-6)29-25(27-21-15-9-2)28-22-16-10-3/h23-24H,8-22H2,1-7H3/q+1. The second-order valence-corrected chi connectivity index (χ2v) is 8.52. The minimum Gasteiger partial charge on any atom is -0.386 e. The molecule has 0 rings (SSSR count). The van der Waals surface area contributed by atoms with Gasteiger partial charge < -0.3 is 18.4 Å². The SMILES string of the molecule is CCCCCCCC(OB(OCCCC)OCCCC)C(C)[N+](CC)(CC)CC. The van der Waals surface area contributed by atoms with Gasteiger partial charge in [-0.05, 0) is 47.0 Å². The van der Waals surface area contributed by atoms with E-state index in [2.05, 4.69) is 48.5 Å². The monoisotopic (exact) mass is 414 g/mol. The molecule has 0 N–H and O–H groups in total. The number of hydrogen-bond donors (Lipinski definition) is 0. The van der Waals surface area contributed by atoms with Crippen LogP contribution in [-0.2, 0) is 14.0 Å². The molecule has 5 heteroatoms. The topological polar surface area (TPSA) is 27.7 Å². The van der Waals surface area contributed by atoms with Crippen molar-refractivity contribution < 1.29 is 18.4 Å². The number of nitrogens with zero attached hydrogens (tertiary/aromatic N) is 1. The van der Waals surface area contributed by atoms with Gasteiger partial charge in [-0.3, -0.25) is 0 Å². The average Bonchev–Trinajstić information content (AvgIpc) is 2.74. The molecule has 174 valence electrons. The van der Waals surface area contributed by atoms with E-state index in [4.69, 9.17) is 14.0 Å². The van der Waals surface area contributed by atoms with Crippen molar-refractivity contribution in [1.82, 2.24) is 0 Å². The largest absolute Gasteiger partial charge is 0.639 e. The Kier molecular flexibility index (Phi) is 18.6. The van der Waals surface area contributed by atoms with Crippen molar-refractivity contribution in [1.29, 1.82) is 0 Å². The third-order valence-electron chi connectivity index (χ3n) is 6.67. The molecule has 0 aromatic carbocycles. The van der Waals surface area contributed by atoms with Crippen molar-refractivity contribution in [2.45, 2.75) is 125 Å². The highest BCUT2D eigenvalue weighted by Crippen LogP contribution is 2.23. The zero-order chi connectivity index (χ0) is 22.0. The van der Waals surface area contributed by atoms with Crippen LogP contribution in [-0.4, -0.2) is 56.8 Å². The second kappa shape index (κ2) is 18.7. The van der Waals surface area contributed by atoms with Crippen LogP contribution in [0.1, 0.15) is 113 Å². The molecule has 2 atom stereocenters. The number of unbranched alkanes of at least 4 members (excludes halogenated alkanes) is 6. The van der Waals surface area contributed by atoms with E-state index < -0.39 is 7.32 Å². The van der Waals surface area contributed by atoms with Crippen LogP contribution in [0.3, 0.4) is 0 Å². The summed E-state index contributed by atoms with van der Waals surface area (Å²) in [6.45, 7) is 20.8. The van der Waals surface area contributed by atoms with Crippen molar-refractivity contribution in [3.05, 3.63) is 0 Å². The summed E-state index contributed by atoms with van der Waals surface area (Å²) in [5, 5.41) is 0. The molecule has 0 aromatic heterocycles. The van der Waals surface area contributed by atoms with Crippen molar-refractivity contribution in [2.24, 2.45) is 0 Å². The zero-order valence-corrected chi connectivity index (χ0v) is 21.0. The van der Waals surface area contributed by atoms with Crippen LogP contribution < -0.4 is 0 Å². The molecule has 0 radical (unpaired) electrons. The van der Waals surface area contributed by atoms with E-state index in [1.807, 2.05) is 0 Å². The van der Waals surface area contributed by atoms with Crippen molar-refractivity contribution in [2.75, 3.05) is 32.8 Å². The molecular formula is C24H53BNO3+. The summed E-state index contributed by atoms with van der Waals surface area (Å²) in [4.78, 5) is 0. The summed E-state index contributed by atoms with van der Waals surface area (Å²) in [7, 11) is -0.524. The summed E-state index contributed by atoms with van der Waals surface area (Å²) in [6, 6.07) is 0.438. The molecule has 0 aliphatic rings. The Morgan fingerprint density at radius 2 is 1.14 bits per heavy atom. The van der Waals surface area contributed by atoms with Gasteiger partial charge in [0.15, 0.2) is 0 Å². The number of rotatable bonds is 21. The highest BCUT2D eigenvalue weighted by molar-refractivity contribution is 6.36. The highest BCUT2D eigenvalue weighted by Gasteiger charge is 2.38. The summed E-state index contributed by atoms with van der Waals surface area (Å²) in [5.41, 5.74) is 0. The predicted molar refractivity (Wildman–Crippen MR) is 127 cm³/mol. The molecular weight excluding hydrogens is 361 g/mol. The molecule has 29 heavy (non-hydrogen) atoms. The van der Waals surface area contributed by atoms with Crippen LogP contribution >= 0.6 is 0 Å². The lowest BCUT2D eigenvalue weighted by Crippen LogP contribution is -2.59. The number of hydrogen-bond acceptors (Lipinski definition) is 3. The van der Waals surface area contributed by atoms with Gasteiger partial charge in [-0.1, -0.05) is 65.7 Å². The van der Waals surface area contributed by atoms with Crippen molar-refractivity contribution >= 4 is 7.32 Å². The van der Waals surface area contributed by atoms with E-state index in [-0.39, 0.29) is 6.10 Å². The fourth-order valence-electron chi connectivity index (χ4n) is 4.18. The van der Waals surface area contributed by atoms with Crippen LogP contribution in [0.2, 0.25) is 0 Å². The highest BCUT2D eigenvalue weighted by atomic mass is 16.7. The van der Waals surface area contributed by atoms with Crippen molar-refractivity contribution in [3.63, 3.8) is 0 Å². The Labute approximate surface area is 183 Å². The summed E-state index contributed by atoms with van der Waals surface area (Å²) in [5.74, 6) is 0. The van der Waals surface area contributed by atoms with E-state index in [1.54, 1.807) is 0 Å². The van der Waals surface area contributed by atoms with Crippen LogP contribution in [0.4, 0.5) is 0 Å². The lowest BCUT2D eigenvalue weighted by molar-refractivity contribution is -0.947. The maximum atomic E-state index is 6.56. The van der Waals surface area contributed by atoms with Crippen LogP contribution in [0, 0.1) is 0 Å². The Morgan fingerprint density at radius 3 is 1.59 bits per heavy atom. The van der Waals surface area contributed by atoms with Crippen molar-refractivity contribution in [3.8, 4) is 0 Å². The fraction of sp³-hybridized carbons (Fsp3) is 1.00. The average molecular weight is 415 g/mol. The van der Waals surface area contributed by atoms with Gasteiger partial charge in [-0.25, -0.2) is 0 Å². The molecule has 0 aliphatic heterocycles. The molecule has 2 unspecified atom stereocenters. The van der Waals surface area contributed by atoms with E-state index in [1.165, 1.54) is 32.1 Å². The Hall–Kier alpha value is -0.0951. The third-order valence-corrected chi connectivity index (χ3v) is 6.67. The molecule has 0 aromatic rings. The first-order valence-corrected chi connectivity index (χ1v) is 12.8. The zero-order valence-electron chi connectivity index (χ0n) is 21.0. The first kappa shape index (κ1) is 28.9. The lowest BCUT2D eigenvalue weighted by Gasteiger charge is -2.45. The quantitative estimate of drug-likeness (QED) is 0.120. The molecule has 4 nitrogen and oxygen atoms in total. The maximum Gasteiger partial charge on any atom is 0.639 e. The smallest absolute Gasteiger partial charge is 0.386 e. The van der Waals surface area contributed by atoms with Crippen LogP contribution in [0.5, 0.6) is 0 Å². The molecule has 0 saturated heterocycles. The molecule has 0 amide bonds. The van der Waals surface area contributed by atoms with E-state index >= 15 is 0 Å². The fourth-order valence-corrected chi connectivity index (χ4v) is 4.18. The van der Waals surface area contributed by atoms with E-state index in [0.29, 0.717) is 19.3 Å². The predicted octanol–water partition coefficient (Wildman–Crippen LogP) is 6.62.